The molecule has 0 bridgehead atoms. The number of rotatable bonds is 4. The fourth-order valence-corrected chi connectivity index (χ4v) is 5.11. The molecule has 0 spiro atoms. The molecule has 16 heteroatoms. The summed E-state index contributed by atoms with van der Waals surface area (Å²) in [6, 6.07) is 2.38. The van der Waals surface area contributed by atoms with Crippen molar-refractivity contribution >= 4 is 38.5 Å². The van der Waals surface area contributed by atoms with Crippen LogP contribution in [0.1, 0.15) is 12.5 Å². The average Bonchev–Trinajstić information content (AvgIpc) is 3.24. The summed E-state index contributed by atoms with van der Waals surface area (Å²) in [5.41, 5.74) is -2.23. The molecule has 0 radical (unpaired) electrons. The first kappa shape index (κ1) is 26.9. The number of aromatic nitrogens is 4. The molecular weight excluding hydrogens is 639 g/mol. The minimum absolute atomic E-state index is 0.324. The lowest BCUT2D eigenvalue weighted by Gasteiger charge is -2.16. The summed E-state index contributed by atoms with van der Waals surface area (Å²) in [5, 5.41) is 37.5. The molecule has 2 aliphatic heterocycles. The fourth-order valence-electron chi connectivity index (χ4n) is 3.41. The third-order valence-electron chi connectivity index (χ3n) is 5.20. The lowest BCUT2D eigenvalue weighted by atomic mass is 10.2. The van der Waals surface area contributed by atoms with Crippen LogP contribution in [0.2, 0.25) is 0 Å². The Balaban J connectivity index is 0.000000191. The molecule has 0 amide bonds. The van der Waals surface area contributed by atoms with Crippen LogP contribution in [0.25, 0.3) is 0 Å². The summed E-state index contributed by atoms with van der Waals surface area (Å²) in [4.78, 5) is 48.6. The third kappa shape index (κ3) is 5.59. The van der Waals surface area contributed by atoms with Gasteiger partial charge in [-0.3, -0.25) is 28.7 Å². The second-order valence-corrected chi connectivity index (χ2v) is 9.90. The van der Waals surface area contributed by atoms with Crippen LogP contribution in [-0.4, -0.2) is 85.9 Å². The van der Waals surface area contributed by atoms with E-state index in [1.54, 1.807) is 0 Å². The van der Waals surface area contributed by atoms with Crippen LogP contribution in [0.15, 0.2) is 43.7 Å². The van der Waals surface area contributed by atoms with Crippen LogP contribution in [-0.2, 0) is 9.47 Å². The largest absolute Gasteiger partial charge is 0.394 e. The van der Waals surface area contributed by atoms with Gasteiger partial charge in [-0.05, 0) is 0 Å². The zero-order valence-electron chi connectivity index (χ0n) is 17.2. The molecule has 0 aromatic carbocycles. The van der Waals surface area contributed by atoms with Crippen molar-refractivity contribution in [1.29, 1.82) is 0 Å². The van der Waals surface area contributed by atoms with E-state index < -0.39 is 64.2 Å². The van der Waals surface area contributed by atoms with Gasteiger partial charge in [0.2, 0.25) is 0 Å². The van der Waals surface area contributed by atoms with E-state index in [0.717, 1.165) is 4.57 Å². The van der Waals surface area contributed by atoms with E-state index in [-0.39, 0.29) is 17.1 Å². The summed E-state index contributed by atoms with van der Waals surface area (Å²) in [5.74, 6) is 0. The number of aromatic amines is 2. The molecule has 188 valence electrons. The number of ether oxygens (including phenoxy) is 2. The maximum absolute atomic E-state index is 11.6. The quantitative estimate of drug-likeness (QED) is 0.146. The minimum atomic E-state index is -0.927. The molecule has 6 N–H and O–H groups in total. The van der Waals surface area contributed by atoms with Gasteiger partial charge in [0, 0.05) is 24.5 Å². The van der Waals surface area contributed by atoms with Crippen LogP contribution in [0.4, 0.5) is 0 Å². The molecule has 2 saturated heterocycles. The lowest BCUT2D eigenvalue weighted by Crippen LogP contribution is -2.35. The van der Waals surface area contributed by atoms with E-state index in [2.05, 4.69) is 25.9 Å². The Morgan fingerprint density at radius 3 is 1.71 bits per heavy atom. The predicted molar refractivity (Wildman–Crippen MR) is 127 cm³/mol. The Kier molecular flexibility index (Phi) is 9.01. The molecule has 2 aliphatic rings. The first-order valence-electron chi connectivity index (χ1n) is 9.89. The molecule has 2 fully saturated rings. The van der Waals surface area contributed by atoms with Crippen molar-refractivity contribution in [3.63, 3.8) is 0 Å². The Morgan fingerprint density at radius 2 is 1.29 bits per heavy atom. The topological polar surface area (TPSA) is 209 Å². The number of nitrogens with zero attached hydrogens (tertiary/aromatic N) is 2. The van der Waals surface area contributed by atoms with Crippen molar-refractivity contribution in [1.82, 2.24) is 19.1 Å². The molecule has 4 rings (SSSR count). The Labute approximate surface area is 212 Å². The summed E-state index contributed by atoms with van der Waals surface area (Å²) in [7, 11) is 0. The first-order valence-corrected chi connectivity index (χ1v) is 12.0. The Hall–Kier alpha value is -1.67. The van der Waals surface area contributed by atoms with E-state index >= 15 is 0 Å². The van der Waals surface area contributed by atoms with Gasteiger partial charge >= 0.3 is 11.4 Å². The highest BCUT2D eigenvalue weighted by Crippen LogP contribution is 2.34. The van der Waals surface area contributed by atoms with Crippen molar-refractivity contribution < 1.29 is 29.9 Å². The number of hydrogen-bond donors (Lipinski definition) is 6. The number of aliphatic hydroxyl groups is 4. The van der Waals surface area contributed by atoms with Gasteiger partial charge in [-0.2, -0.15) is 0 Å². The second kappa shape index (κ2) is 11.4. The molecule has 4 heterocycles. The Bertz CT molecular complexity index is 1120. The molecule has 0 aliphatic carbocycles. The highest BCUT2D eigenvalue weighted by atomic mass is 127. The number of hydrogen-bond acceptors (Lipinski definition) is 10. The maximum Gasteiger partial charge on any atom is 0.330 e. The molecule has 8 atom stereocenters. The van der Waals surface area contributed by atoms with E-state index in [4.69, 9.17) is 19.7 Å². The zero-order chi connectivity index (χ0) is 25.2. The number of aliphatic hydroxyl groups excluding tert-OH is 4. The summed E-state index contributed by atoms with van der Waals surface area (Å²) in [6.45, 7) is -0.673. The minimum Gasteiger partial charge on any atom is -0.394 e. The monoisotopic (exact) mass is 660 g/mol. The number of halogens is 2. The van der Waals surface area contributed by atoms with Gasteiger partial charge < -0.3 is 29.9 Å². The lowest BCUT2D eigenvalue weighted by molar-refractivity contribution is -0.0456. The van der Waals surface area contributed by atoms with Crippen LogP contribution in [0.5, 0.6) is 0 Å². The summed E-state index contributed by atoms with van der Waals surface area (Å²) >= 11 is 5.15. The molecular formula is C18H22BrIN4O10. The van der Waals surface area contributed by atoms with Crippen LogP contribution in [0, 0.1) is 0 Å². The average molecular weight is 661 g/mol. The van der Waals surface area contributed by atoms with Gasteiger partial charge in [0.05, 0.1) is 34.2 Å². The van der Waals surface area contributed by atoms with Crippen molar-refractivity contribution in [2.45, 2.75) is 45.6 Å². The van der Waals surface area contributed by atoms with E-state index in [1.165, 1.54) is 29.1 Å². The second-order valence-electron chi connectivity index (χ2n) is 7.40. The molecule has 14 nitrogen and oxygen atoms in total. The molecule has 2 aromatic heterocycles. The van der Waals surface area contributed by atoms with Gasteiger partial charge in [-0.1, -0.05) is 38.5 Å². The van der Waals surface area contributed by atoms with Gasteiger partial charge in [0.1, 0.15) is 12.2 Å². The summed E-state index contributed by atoms with van der Waals surface area (Å²) in [6.07, 6.45) is -2.15. The van der Waals surface area contributed by atoms with E-state index in [9.17, 15) is 29.4 Å². The van der Waals surface area contributed by atoms with Crippen molar-refractivity contribution in [2.75, 3.05) is 13.2 Å². The number of H-pyrrole nitrogens is 2. The molecule has 2 unspecified atom stereocenters. The number of nitrogens with one attached hydrogen (secondary N) is 2. The normalized spacial score (nSPS) is 32.9. The van der Waals surface area contributed by atoms with Gasteiger partial charge in [0.25, 0.3) is 11.1 Å². The highest BCUT2D eigenvalue weighted by molar-refractivity contribution is 14.1. The fraction of sp³-hybridized carbons (Fsp3) is 0.556. The van der Waals surface area contributed by atoms with Gasteiger partial charge in [-0.15, -0.1) is 0 Å². The molecule has 2 aromatic rings. The van der Waals surface area contributed by atoms with Crippen molar-refractivity contribution in [2.24, 2.45) is 0 Å². The maximum atomic E-state index is 11.6. The van der Waals surface area contributed by atoms with Gasteiger partial charge in [-0.25, -0.2) is 9.59 Å². The van der Waals surface area contributed by atoms with E-state index in [1.807, 2.05) is 22.6 Å². The van der Waals surface area contributed by atoms with Crippen LogP contribution in [0.3, 0.4) is 0 Å². The SMILES string of the molecule is O=c1ccn([C@@H]2O[C@H](CO)[C@H](O)C2Br)c(=O)[nH]1.O=c1ccn([C@@H]2O[C@H](CO)[C@H](O)C2I)c(=O)[nH]1. The van der Waals surface area contributed by atoms with Crippen LogP contribution >= 0.6 is 38.5 Å². The molecule has 0 saturated carbocycles. The van der Waals surface area contributed by atoms with Gasteiger partial charge in [0.15, 0.2) is 12.5 Å². The third-order valence-corrected chi connectivity index (χ3v) is 7.54. The van der Waals surface area contributed by atoms with E-state index in [0.29, 0.717) is 0 Å². The predicted octanol–water partition coefficient (Wildman–Crippen LogP) is -2.86. The summed E-state index contributed by atoms with van der Waals surface area (Å²) < 4.78 is 12.7. The number of alkyl halides is 2. The highest BCUT2D eigenvalue weighted by Gasteiger charge is 2.44. The first-order chi connectivity index (χ1) is 16.1. The smallest absolute Gasteiger partial charge is 0.330 e. The molecule has 34 heavy (non-hydrogen) atoms. The van der Waals surface area contributed by atoms with Crippen molar-refractivity contribution in [3.8, 4) is 0 Å². The zero-order valence-corrected chi connectivity index (χ0v) is 21.0. The Morgan fingerprint density at radius 1 is 0.853 bits per heavy atom. The van der Waals surface area contributed by atoms with Crippen LogP contribution < -0.4 is 22.5 Å². The van der Waals surface area contributed by atoms with Crippen molar-refractivity contribution in [3.05, 3.63) is 66.2 Å². The standard InChI is InChI=1S/C9H11BrN2O5.C9H11IN2O5/c2*10-6-7(15)4(3-13)17-8(6)12-2-1-5(14)11-9(12)16/h2*1-2,4,6-8,13,15H,3H2,(H,11,14,16)/t2*4-,6?,7+,8-/m11/s1.